The van der Waals surface area contributed by atoms with Crippen LogP contribution in [0.1, 0.15) is 29.8 Å². The molecular weight excluding hydrogens is 334 g/mol. The van der Waals surface area contributed by atoms with Crippen LogP contribution in [0.15, 0.2) is 18.2 Å². The lowest BCUT2D eigenvalue weighted by molar-refractivity contribution is -0.121. The predicted octanol–water partition coefficient (Wildman–Crippen LogP) is 2.07. The second-order valence-corrected chi connectivity index (χ2v) is 5.64. The molecule has 0 aliphatic rings. The standard InChI is InChI=1S/C14H18BrN5O/c1-10-5-6-12(8-11(10)2)20-13(17-18-19-20)9-16-14(21)4-3-7-15/h5-6,8H,3-4,7,9H2,1-2H3,(H,16,21). The molecule has 2 aromatic rings. The molecule has 0 bridgehead atoms. The Labute approximate surface area is 132 Å². The smallest absolute Gasteiger partial charge is 0.220 e. The quantitative estimate of drug-likeness (QED) is 0.808. The van der Waals surface area contributed by atoms with E-state index in [2.05, 4.69) is 43.7 Å². The molecule has 21 heavy (non-hydrogen) atoms. The molecule has 7 heteroatoms. The van der Waals surface area contributed by atoms with E-state index in [1.165, 1.54) is 11.1 Å². The highest BCUT2D eigenvalue weighted by Crippen LogP contribution is 2.14. The molecule has 0 spiro atoms. The summed E-state index contributed by atoms with van der Waals surface area (Å²) in [5, 5.41) is 15.3. The monoisotopic (exact) mass is 351 g/mol. The minimum atomic E-state index is 0.00378. The van der Waals surface area contributed by atoms with Gasteiger partial charge in [0.1, 0.15) is 0 Å². The molecule has 6 nitrogen and oxygen atoms in total. The van der Waals surface area contributed by atoms with Crippen LogP contribution in [0.3, 0.4) is 0 Å². The van der Waals surface area contributed by atoms with Crippen molar-refractivity contribution in [1.29, 1.82) is 0 Å². The molecule has 1 heterocycles. The van der Waals surface area contributed by atoms with Crippen LogP contribution in [0.25, 0.3) is 5.69 Å². The lowest BCUT2D eigenvalue weighted by Gasteiger charge is -2.08. The number of halogens is 1. The second kappa shape index (κ2) is 7.31. The highest BCUT2D eigenvalue weighted by atomic mass is 79.9. The third-order valence-electron chi connectivity index (χ3n) is 3.25. The first kappa shape index (κ1) is 15.6. The van der Waals surface area contributed by atoms with Crippen LogP contribution < -0.4 is 5.32 Å². The van der Waals surface area contributed by atoms with Gasteiger partial charge in [-0.15, -0.1) is 5.10 Å². The molecule has 0 saturated heterocycles. The van der Waals surface area contributed by atoms with Gasteiger partial charge in [0.05, 0.1) is 12.2 Å². The number of hydrogen-bond acceptors (Lipinski definition) is 4. The van der Waals surface area contributed by atoms with E-state index in [0.29, 0.717) is 18.8 Å². The normalized spacial score (nSPS) is 10.6. The summed E-state index contributed by atoms with van der Waals surface area (Å²) in [6, 6.07) is 6.03. The average molecular weight is 352 g/mol. The van der Waals surface area contributed by atoms with Gasteiger partial charge in [0, 0.05) is 11.8 Å². The second-order valence-electron chi connectivity index (χ2n) is 4.84. The fraction of sp³-hybridized carbons (Fsp3) is 0.429. The highest BCUT2D eigenvalue weighted by Gasteiger charge is 2.10. The number of aryl methyl sites for hydroxylation is 2. The van der Waals surface area contributed by atoms with Crippen molar-refractivity contribution in [3.05, 3.63) is 35.2 Å². The van der Waals surface area contributed by atoms with Gasteiger partial charge < -0.3 is 5.32 Å². The number of hydrogen-bond donors (Lipinski definition) is 1. The van der Waals surface area contributed by atoms with E-state index >= 15 is 0 Å². The van der Waals surface area contributed by atoms with Gasteiger partial charge in [0.25, 0.3) is 0 Å². The first-order valence-corrected chi connectivity index (χ1v) is 7.91. The summed E-state index contributed by atoms with van der Waals surface area (Å²) >= 11 is 3.31. The molecule has 1 N–H and O–H groups in total. The Hall–Kier alpha value is -1.76. The fourth-order valence-corrected chi connectivity index (χ4v) is 2.15. The molecule has 0 fully saturated rings. The van der Waals surface area contributed by atoms with Crippen molar-refractivity contribution in [1.82, 2.24) is 25.5 Å². The average Bonchev–Trinajstić information content (AvgIpc) is 2.94. The molecule has 1 aromatic carbocycles. The third-order valence-corrected chi connectivity index (χ3v) is 3.81. The van der Waals surface area contributed by atoms with Crippen molar-refractivity contribution in [3.8, 4) is 5.69 Å². The number of carbonyl (C=O) groups excluding carboxylic acids is 1. The van der Waals surface area contributed by atoms with Gasteiger partial charge in [-0.05, 0) is 54.0 Å². The van der Waals surface area contributed by atoms with Gasteiger partial charge in [0.15, 0.2) is 5.82 Å². The Morgan fingerprint density at radius 1 is 1.33 bits per heavy atom. The Kier molecular flexibility index (Phi) is 5.44. The molecule has 0 saturated carbocycles. The molecule has 2 rings (SSSR count). The van der Waals surface area contributed by atoms with Gasteiger partial charge in [0.2, 0.25) is 5.91 Å². The Morgan fingerprint density at radius 3 is 2.86 bits per heavy atom. The SMILES string of the molecule is Cc1ccc(-n2nnnc2CNC(=O)CCCBr)cc1C. The lowest BCUT2D eigenvalue weighted by atomic mass is 10.1. The minimum absolute atomic E-state index is 0.00378. The number of amides is 1. The van der Waals surface area contributed by atoms with Gasteiger partial charge >= 0.3 is 0 Å². The number of benzene rings is 1. The minimum Gasteiger partial charge on any atom is -0.349 e. The maximum absolute atomic E-state index is 11.6. The van der Waals surface area contributed by atoms with Crippen LogP contribution in [0.4, 0.5) is 0 Å². The van der Waals surface area contributed by atoms with Crippen molar-refractivity contribution >= 4 is 21.8 Å². The summed E-state index contributed by atoms with van der Waals surface area (Å²) in [4.78, 5) is 11.6. The summed E-state index contributed by atoms with van der Waals surface area (Å²) in [6.45, 7) is 4.43. The number of tetrazole rings is 1. The molecule has 0 unspecified atom stereocenters. The van der Waals surface area contributed by atoms with Gasteiger partial charge in [-0.2, -0.15) is 4.68 Å². The number of nitrogens with one attached hydrogen (secondary N) is 1. The van der Waals surface area contributed by atoms with E-state index in [4.69, 9.17) is 0 Å². The van der Waals surface area contributed by atoms with Crippen LogP contribution in [0.2, 0.25) is 0 Å². The zero-order valence-electron chi connectivity index (χ0n) is 12.1. The van der Waals surface area contributed by atoms with Gasteiger partial charge in [-0.1, -0.05) is 22.0 Å². The Bertz CT molecular complexity index is 626. The van der Waals surface area contributed by atoms with Crippen molar-refractivity contribution in [2.45, 2.75) is 33.2 Å². The fourth-order valence-electron chi connectivity index (χ4n) is 1.87. The summed E-state index contributed by atoms with van der Waals surface area (Å²) in [5.74, 6) is 0.620. The van der Waals surface area contributed by atoms with Gasteiger partial charge in [-0.3, -0.25) is 4.79 Å². The number of aromatic nitrogens is 4. The zero-order chi connectivity index (χ0) is 15.2. The van der Waals surface area contributed by atoms with Gasteiger partial charge in [-0.25, -0.2) is 0 Å². The van der Waals surface area contributed by atoms with E-state index in [0.717, 1.165) is 17.4 Å². The summed E-state index contributed by atoms with van der Waals surface area (Å²) < 4.78 is 1.65. The van der Waals surface area contributed by atoms with Crippen LogP contribution in [-0.4, -0.2) is 31.4 Å². The predicted molar refractivity (Wildman–Crippen MR) is 83.5 cm³/mol. The van der Waals surface area contributed by atoms with Crippen LogP contribution in [0, 0.1) is 13.8 Å². The van der Waals surface area contributed by atoms with E-state index in [9.17, 15) is 4.79 Å². The van der Waals surface area contributed by atoms with Crippen LogP contribution >= 0.6 is 15.9 Å². The zero-order valence-corrected chi connectivity index (χ0v) is 13.7. The molecule has 112 valence electrons. The topological polar surface area (TPSA) is 72.7 Å². The molecular formula is C14H18BrN5O. The van der Waals surface area contributed by atoms with E-state index in [-0.39, 0.29) is 5.91 Å². The molecule has 1 aromatic heterocycles. The maximum Gasteiger partial charge on any atom is 0.220 e. The molecule has 0 atom stereocenters. The Balaban J connectivity index is 2.08. The summed E-state index contributed by atoms with van der Waals surface area (Å²) in [6.07, 6.45) is 1.31. The van der Waals surface area contributed by atoms with E-state index in [1.807, 2.05) is 25.1 Å². The summed E-state index contributed by atoms with van der Waals surface area (Å²) in [7, 11) is 0. The first-order valence-electron chi connectivity index (χ1n) is 6.79. The largest absolute Gasteiger partial charge is 0.349 e. The van der Waals surface area contributed by atoms with Crippen LogP contribution in [-0.2, 0) is 11.3 Å². The first-order chi connectivity index (χ1) is 10.1. The lowest BCUT2D eigenvalue weighted by Crippen LogP contribution is -2.24. The molecule has 0 radical (unpaired) electrons. The number of nitrogens with zero attached hydrogens (tertiary/aromatic N) is 4. The third kappa shape index (κ3) is 4.10. The van der Waals surface area contributed by atoms with E-state index in [1.54, 1.807) is 4.68 Å². The number of alkyl halides is 1. The molecule has 0 aliphatic heterocycles. The summed E-state index contributed by atoms with van der Waals surface area (Å²) in [5.41, 5.74) is 3.29. The van der Waals surface area contributed by atoms with Crippen LogP contribution in [0.5, 0.6) is 0 Å². The van der Waals surface area contributed by atoms with Crippen molar-refractivity contribution < 1.29 is 4.79 Å². The van der Waals surface area contributed by atoms with Crippen molar-refractivity contribution in [2.24, 2.45) is 0 Å². The number of rotatable bonds is 6. The van der Waals surface area contributed by atoms with E-state index < -0.39 is 0 Å². The maximum atomic E-state index is 11.6. The molecule has 1 amide bonds. The number of carbonyl (C=O) groups is 1. The molecule has 0 aliphatic carbocycles. The van der Waals surface area contributed by atoms with Crippen molar-refractivity contribution in [3.63, 3.8) is 0 Å². The Morgan fingerprint density at radius 2 is 2.14 bits per heavy atom. The van der Waals surface area contributed by atoms with Crippen molar-refractivity contribution in [2.75, 3.05) is 5.33 Å². The highest BCUT2D eigenvalue weighted by molar-refractivity contribution is 9.09.